The SMILES string of the molecule is Cc1cccc(C)c1OC(=O)[C@H]1CC(=O)N([C@H](C)c2ccccc2)C1. The molecule has 1 amide bonds. The lowest BCUT2D eigenvalue weighted by Crippen LogP contribution is -2.30. The van der Waals surface area contributed by atoms with Crippen molar-refractivity contribution < 1.29 is 14.3 Å². The van der Waals surface area contributed by atoms with Crippen LogP contribution in [0.15, 0.2) is 48.5 Å². The molecule has 1 aliphatic rings. The van der Waals surface area contributed by atoms with Gasteiger partial charge in [0.1, 0.15) is 5.75 Å². The summed E-state index contributed by atoms with van der Waals surface area (Å²) in [6, 6.07) is 15.6. The van der Waals surface area contributed by atoms with Crippen LogP contribution in [0.1, 0.15) is 36.1 Å². The predicted molar refractivity (Wildman–Crippen MR) is 96.2 cm³/mol. The number of para-hydroxylation sites is 1. The summed E-state index contributed by atoms with van der Waals surface area (Å²) >= 11 is 0. The molecule has 0 radical (unpaired) electrons. The smallest absolute Gasteiger partial charge is 0.316 e. The molecule has 0 unspecified atom stereocenters. The summed E-state index contributed by atoms with van der Waals surface area (Å²) in [6.45, 7) is 6.23. The van der Waals surface area contributed by atoms with Crippen LogP contribution in [-0.4, -0.2) is 23.3 Å². The maximum Gasteiger partial charge on any atom is 0.316 e. The zero-order valence-corrected chi connectivity index (χ0v) is 14.9. The van der Waals surface area contributed by atoms with Crippen molar-refractivity contribution in [2.75, 3.05) is 6.54 Å². The van der Waals surface area contributed by atoms with Gasteiger partial charge in [-0.3, -0.25) is 9.59 Å². The molecular weight excluding hydrogens is 314 g/mol. The molecule has 2 atom stereocenters. The topological polar surface area (TPSA) is 46.6 Å². The molecule has 0 aromatic heterocycles. The molecule has 0 N–H and O–H groups in total. The number of ether oxygens (including phenoxy) is 1. The Morgan fingerprint density at radius 1 is 1.08 bits per heavy atom. The lowest BCUT2D eigenvalue weighted by Gasteiger charge is -2.25. The largest absolute Gasteiger partial charge is 0.426 e. The summed E-state index contributed by atoms with van der Waals surface area (Å²) in [7, 11) is 0. The Balaban J connectivity index is 1.71. The third kappa shape index (κ3) is 3.58. The standard InChI is InChI=1S/C21H23NO3/c1-14-8-7-9-15(2)20(14)25-21(24)18-12-19(23)22(13-18)16(3)17-10-5-4-6-11-17/h4-11,16,18H,12-13H2,1-3H3/t16-,18+/m1/s1. The van der Waals surface area contributed by atoms with E-state index in [-0.39, 0.29) is 24.3 Å². The van der Waals surface area contributed by atoms with E-state index in [4.69, 9.17) is 4.74 Å². The minimum Gasteiger partial charge on any atom is -0.426 e. The summed E-state index contributed by atoms with van der Waals surface area (Å²) in [5.41, 5.74) is 2.92. The average molecular weight is 337 g/mol. The van der Waals surface area contributed by atoms with Crippen molar-refractivity contribution in [3.05, 3.63) is 65.2 Å². The zero-order chi connectivity index (χ0) is 18.0. The van der Waals surface area contributed by atoms with E-state index < -0.39 is 5.92 Å². The van der Waals surface area contributed by atoms with E-state index in [1.807, 2.05) is 69.3 Å². The fourth-order valence-corrected chi connectivity index (χ4v) is 3.32. The van der Waals surface area contributed by atoms with E-state index in [0.29, 0.717) is 12.3 Å². The monoisotopic (exact) mass is 337 g/mol. The summed E-state index contributed by atoms with van der Waals surface area (Å²) in [4.78, 5) is 26.7. The van der Waals surface area contributed by atoms with Gasteiger partial charge in [-0.15, -0.1) is 0 Å². The van der Waals surface area contributed by atoms with E-state index in [1.165, 1.54) is 0 Å². The first-order valence-electron chi connectivity index (χ1n) is 8.59. The van der Waals surface area contributed by atoms with Crippen LogP contribution in [-0.2, 0) is 9.59 Å². The molecule has 0 bridgehead atoms. The fraction of sp³-hybridized carbons (Fsp3) is 0.333. The molecule has 3 rings (SSSR count). The van der Waals surface area contributed by atoms with Crippen LogP contribution in [0, 0.1) is 19.8 Å². The van der Waals surface area contributed by atoms with E-state index in [1.54, 1.807) is 4.90 Å². The van der Waals surface area contributed by atoms with E-state index >= 15 is 0 Å². The molecule has 25 heavy (non-hydrogen) atoms. The van der Waals surface area contributed by atoms with Gasteiger partial charge in [0, 0.05) is 13.0 Å². The third-order valence-corrected chi connectivity index (χ3v) is 4.85. The normalized spacial score (nSPS) is 18.3. The lowest BCUT2D eigenvalue weighted by molar-refractivity contribution is -0.139. The zero-order valence-electron chi connectivity index (χ0n) is 14.9. The molecule has 4 heteroatoms. The second-order valence-corrected chi connectivity index (χ2v) is 6.68. The van der Waals surface area contributed by atoms with Crippen molar-refractivity contribution in [1.82, 2.24) is 4.90 Å². The Morgan fingerprint density at radius 2 is 1.72 bits per heavy atom. The van der Waals surface area contributed by atoms with Crippen LogP contribution in [0.3, 0.4) is 0 Å². The summed E-state index contributed by atoms with van der Waals surface area (Å²) in [5.74, 6) is -0.138. The van der Waals surface area contributed by atoms with Crippen LogP contribution in [0.5, 0.6) is 5.75 Å². The van der Waals surface area contributed by atoms with Crippen molar-refractivity contribution in [1.29, 1.82) is 0 Å². The fourth-order valence-electron chi connectivity index (χ4n) is 3.32. The number of rotatable bonds is 4. The van der Waals surface area contributed by atoms with Crippen molar-refractivity contribution >= 4 is 11.9 Å². The van der Waals surface area contributed by atoms with Gasteiger partial charge in [-0.25, -0.2) is 0 Å². The first-order chi connectivity index (χ1) is 12.0. The molecule has 130 valence electrons. The maximum absolute atomic E-state index is 12.6. The highest BCUT2D eigenvalue weighted by molar-refractivity contribution is 5.88. The highest BCUT2D eigenvalue weighted by Gasteiger charge is 2.38. The number of carbonyl (C=O) groups excluding carboxylic acids is 2. The van der Waals surface area contributed by atoms with Gasteiger partial charge in [-0.2, -0.15) is 0 Å². The van der Waals surface area contributed by atoms with Gasteiger partial charge in [0.2, 0.25) is 5.91 Å². The number of nitrogens with zero attached hydrogens (tertiary/aromatic N) is 1. The van der Waals surface area contributed by atoms with E-state index in [0.717, 1.165) is 16.7 Å². The second kappa shape index (κ2) is 7.09. The second-order valence-electron chi connectivity index (χ2n) is 6.68. The Labute approximate surface area is 148 Å². The molecule has 1 saturated heterocycles. The number of benzene rings is 2. The Kier molecular flexibility index (Phi) is 4.88. The quantitative estimate of drug-likeness (QED) is 0.629. The molecule has 1 fully saturated rings. The van der Waals surface area contributed by atoms with Gasteiger partial charge in [0.05, 0.1) is 12.0 Å². The van der Waals surface area contributed by atoms with E-state index in [2.05, 4.69) is 0 Å². The molecule has 1 heterocycles. The van der Waals surface area contributed by atoms with Crippen molar-refractivity contribution in [3.8, 4) is 5.75 Å². The number of esters is 1. The molecule has 2 aromatic rings. The van der Waals surface area contributed by atoms with Gasteiger partial charge < -0.3 is 9.64 Å². The summed E-state index contributed by atoms with van der Waals surface area (Å²) < 4.78 is 5.62. The van der Waals surface area contributed by atoms with E-state index in [9.17, 15) is 9.59 Å². The minimum atomic E-state index is -0.419. The maximum atomic E-state index is 12.6. The Hall–Kier alpha value is -2.62. The molecule has 1 aliphatic heterocycles. The van der Waals surface area contributed by atoms with Crippen molar-refractivity contribution in [3.63, 3.8) is 0 Å². The molecule has 0 saturated carbocycles. The first kappa shape index (κ1) is 17.2. The summed E-state index contributed by atoms with van der Waals surface area (Å²) in [5, 5.41) is 0. The van der Waals surface area contributed by atoms with Crippen LogP contribution < -0.4 is 4.74 Å². The van der Waals surface area contributed by atoms with Crippen LogP contribution in [0.2, 0.25) is 0 Å². The molecule has 0 aliphatic carbocycles. The Bertz CT molecular complexity index is 765. The molecule has 4 nitrogen and oxygen atoms in total. The molecule has 2 aromatic carbocycles. The Morgan fingerprint density at radius 3 is 2.36 bits per heavy atom. The number of hydrogen-bond donors (Lipinski definition) is 0. The van der Waals surface area contributed by atoms with Crippen LogP contribution >= 0.6 is 0 Å². The molecular formula is C21H23NO3. The molecule has 0 spiro atoms. The van der Waals surface area contributed by atoms with Gasteiger partial charge in [-0.1, -0.05) is 48.5 Å². The lowest BCUT2D eigenvalue weighted by atomic mass is 10.1. The van der Waals surface area contributed by atoms with Crippen molar-refractivity contribution in [2.45, 2.75) is 33.2 Å². The number of hydrogen-bond acceptors (Lipinski definition) is 3. The highest BCUT2D eigenvalue weighted by atomic mass is 16.5. The number of amides is 1. The third-order valence-electron chi connectivity index (χ3n) is 4.85. The first-order valence-corrected chi connectivity index (χ1v) is 8.59. The minimum absolute atomic E-state index is 0.000177. The van der Waals surface area contributed by atoms with Gasteiger partial charge in [0.15, 0.2) is 0 Å². The van der Waals surface area contributed by atoms with Crippen molar-refractivity contribution in [2.24, 2.45) is 5.92 Å². The van der Waals surface area contributed by atoms with Gasteiger partial charge >= 0.3 is 5.97 Å². The van der Waals surface area contributed by atoms with Crippen LogP contribution in [0.4, 0.5) is 0 Å². The summed E-state index contributed by atoms with van der Waals surface area (Å²) in [6.07, 6.45) is 0.209. The predicted octanol–water partition coefficient (Wildman–Crippen LogP) is 3.82. The van der Waals surface area contributed by atoms with Gasteiger partial charge in [0.25, 0.3) is 0 Å². The van der Waals surface area contributed by atoms with Gasteiger partial charge in [-0.05, 0) is 37.5 Å². The number of aryl methyl sites for hydroxylation is 2. The van der Waals surface area contributed by atoms with Crippen LogP contribution in [0.25, 0.3) is 0 Å². The number of likely N-dealkylation sites (tertiary alicyclic amines) is 1. The highest BCUT2D eigenvalue weighted by Crippen LogP contribution is 2.30. The number of carbonyl (C=O) groups is 2. The average Bonchev–Trinajstić information content (AvgIpc) is 3.00.